The minimum absolute atomic E-state index is 0.0208. The fraction of sp³-hybridized carbons (Fsp3) is 0.235. The van der Waals surface area contributed by atoms with Gasteiger partial charge in [-0.15, -0.1) is 0 Å². The number of aromatic nitrogens is 1. The van der Waals surface area contributed by atoms with Crippen molar-refractivity contribution in [1.82, 2.24) is 9.99 Å². The van der Waals surface area contributed by atoms with Crippen LogP contribution in [0.3, 0.4) is 0 Å². The maximum absolute atomic E-state index is 11.9. The van der Waals surface area contributed by atoms with E-state index in [1.807, 2.05) is 12.1 Å². The summed E-state index contributed by atoms with van der Waals surface area (Å²) in [4.78, 5) is 23.4. The third kappa shape index (κ3) is 3.31. The van der Waals surface area contributed by atoms with Gasteiger partial charge in [0.05, 0.1) is 0 Å². The molecule has 1 aromatic carbocycles. The van der Waals surface area contributed by atoms with Crippen LogP contribution in [0.1, 0.15) is 17.5 Å². The number of nitrogens with zero attached hydrogens (tertiary/aromatic N) is 2. The summed E-state index contributed by atoms with van der Waals surface area (Å²) >= 11 is 0. The van der Waals surface area contributed by atoms with E-state index in [1.165, 1.54) is 21.8 Å². The first-order chi connectivity index (χ1) is 10.7. The van der Waals surface area contributed by atoms with Gasteiger partial charge < -0.3 is 4.57 Å². The van der Waals surface area contributed by atoms with Gasteiger partial charge in [-0.2, -0.15) is 5.10 Å². The summed E-state index contributed by atoms with van der Waals surface area (Å²) in [6.45, 7) is -0.0208. The standard InChI is InChI=1S/C17H17N3O2/c21-16(12-20-10-4-3-7-17(20)22)19-18-15-9-8-13-5-1-2-6-14(13)11-15/h1-7,10H,8-9,11-12H2,(H,19,21)/b18-15-. The normalized spacial score (nSPS) is 15.4. The van der Waals surface area contributed by atoms with Crippen molar-refractivity contribution in [2.24, 2.45) is 5.10 Å². The van der Waals surface area contributed by atoms with Crippen LogP contribution in [0.4, 0.5) is 0 Å². The summed E-state index contributed by atoms with van der Waals surface area (Å²) in [5, 5.41) is 4.21. The summed E-state index contributed by atoms with van der Waals surface area (Å²) < 4.78 is 1.35. The molecule has 1 aromatic heterocycles. The van der Waals surface area contributed by atoms with Gasteiger partial charge in [-0.05, 0) is 30.0 Å². The van der Waals surface area contributed by atoms with E-state index in [1.54, 1.807) is 18.3 Å². The number of benzene rings is 1. The minimum atomic E-state index is -0.292. The predicted molar refractivity (Wildman–Crippen MR) is 84.7 cm³/mol. The Balaban J connectivity index is 1.62. The first-order valence-electron chi connectivity index (χ1n) is 7.29. The van der Waals surface area contributed by atoms with Crippen molar-refractivity contribution in [3.63, 3.8) is 0 Å². The number of hydrogen-bond acceptors (Lipinski definition) is 3. The fourth-order valence-corrected chi connectivity index (χ4v) is 2.58. The topological polar surface area (TPSA) is 63.5 Å². The number of fused-ring (bicyclic) bond motifs is 1. The van der Waals surface area contributed by atoms with Crippen molar-refractivity contribution in [3.05, 3.63) is 70.1 Å². The number of carbonyl (C=O) groups excluding carboxylic acids is 1. The van der Waals surface area contributed by atoms with Crippen LogP contribution in [-0.4, -0.2) is 16.2 Å². The molecular formula is C17H17N3O2. The molecule has 5 heteroatoms. The van der Waals surface area contributed by atoms with Gasteiger partial charge >= 0.3 is 0 Å². The molecule has 1 aliphatic carbocycles. The van der Waals surface area contributed by atoms with E-state index in [4.69, 9.17) is 0 Å². The Morgan fingerprint density at radius 3 is 2.68 bits per heavy atom. The third-order valence-corrected chi connectivity index (χ3v) is 3.75. The van der Waals surface area contributed by atoms with Crippen LogP contribution in [0, 0.1) is 0 Å². The van der Waals surface area contributed by atoms with Crippen molar-refractivity contribution in [2.45, 2.75) is 25.8 Å². The molecule has 0 bridgehead atoms. The van der Waals surface area contributed by atoms with E-state index in [2.05, 4.69) is 22.7 Å². The number of hydrogen-bond donors (Lipinski definition) is 1. The lowest BCUT2D eigenvalue weighted by Crippen LogP contribution is -2.30. The zero-order valence-electron chi connectivity index (χ0n) is 12.2. The van der Waals surface area contributed by atoms with Gasteiger partial charge in [-0.1, -0.05) is 30.3 Å². The van der Waals surface area contributed by atoms with E-state index in [9.17, 15) is 9.59 Å². The number of carbonyl (C=O) groups is 1. The molecule has 0 aliphatic heterocycles. The van der Waals surface area contributed by atoms with E-state index >= 15 is 0 Å². The molecule has 0 radical (unpaired) electrons. The second-order valence-corrected chi connectivity index (χ2v) is 5.33. The van der Waals surface area contributed by atoms with Crippen molar-refractivity contribution >= 4 is 11.6 Å². The van der Waals surface area contributed by atoms with Crippen LogP contribution in [0.5, 0.6) is 0 Å². The van der Waals surface area contributed by atoms with Crippen LogP contribution < -0.4 is 11.0 Å². The highest BCUT2D eigenvalue weighted by Crippen LogP contribution is 2.18. The van der Waals surface area contributed by atoms with Crippen LogP contribution in [-0.2, 0) is 24.2 Å². The molecule has 1 N–H and O–H groups in total. The number of hydrazone groups is 1. The SMILES string of the molecule is O=C(Cn1ccccc1=O)N/N=C1/CCc2ccccc2C1. The molecule has 0 unspecified atom stereocenters. The van der Waals surface area contributed by atoms with Gasteiger partial charge in [0.2, 0.25) is 0 Å². The lowest BCUT2D eigenvalue weighted by molar-refractivity contribution is -0.121. The summed E-state index contributed by atoms with van der Waals surface area (Å²) in [5.41, 5.74) is 5.93. The quantitative estimate of drug-likeness (QED) is 0.872. The number of amides is 1. The Labute approximate surface area is 128 Å². The lowest BCUT2D eigenvalue weighted by Gasteiger charge is -2.17. The van der Waals surface area contributed by atoms with Crippen LogP contribution in [0.15, 0.2) is 58.6 Å². The minimum Gasteiger partial charge on any atom is -0.306 e. The van der Waals surface area contributed by atoms with Crippen molar-refractivity contribution < 1.29 is 4.79 Å². The molecule has 0 atom stereocenters. The average Bonchev–Trinajstić information content (AvgIpc) is 2.55. The van der Waals surface area contributed by atoms with Gasteiger partial charge in [-0.3, -0.25) is 9.59 Å². The Kier molecular flexibility index (Phi) is 4.14. The van der Waals surface area contributed by atoms with Crippen molar-refractivity contribution in [3.8, 4) is 0 Å². The molecule has 0 fully saturated rings. The highest BCUT2D eigenvalue weighted by atomic mass is 16.2. The first-order valence-corrected chi connectivity index (χ1v) is 7.29. The van der Waals surface area contributed by atoms with E-state index < -0.39 is 0 Å². The van der Waals surface area contributed by atoms with E-state index in [-0.39, 0.29) is 18.0 Å². The van der Waals surface area contributed by atoms with Gasteiger partial charge in [-0.25, -0.2) is 5.43 Å². The van der Waals surface area contributed by atoms with Gasteiger partial charge in [0.25, 0.3) is 11.5 Å². The van der Waals surface area contributed by atoms with Crippen molar-refractivity contribution in [1.29, 1.82) is 0 Å². The Morgan fingerprint density at radius 1 is 1.09 bits per heavy atom. The average molecular weight is 295 g/mol. The highest BCUT2D eigenvalue weighted by molar-refractivity contribution is 5.89. The van der Waals surface area contributed by atoms with Crippen molar-refractivity contribution in [2.75, 3.05) is 0 Å². The third-order valence-electron chi connectivity index (χ3n) is 3.75. The lowest BCUT2D eigenvalue weighted by atomic mass is 9.90. The first kappa shape index (κ1) is 14.3. The Bertz CT molecular complexity index is 777. The molecule has 2 aromatic rings. The highest BCUT2D eigenvalue weighted by Gasteiger charge is 2.13. The van der Waals surface area contributed by atoms with Crippen LogP contribution >= 0.6 is 0 Å². The number of aryl methyl sites for hydroxylation is 1. The second-order valence-electron chi connectivity index (χ2n) is 5.33. The van der Waals surface area contributed by atoms with Gasteiger partial charge in [0.1, 0.15) is 6.54 Å². The largest absolute Gasteiger partial charge is 0.306 e. The molecular weight excluding hydrogens is 278 g/mol. The predicted octanol–water partition coefficient (Wildman–Crippen LogP) is 1.51. The maximum Gasteiger partial charge on any atom is 0.260 e. The maximum atomic E-state index is 11.9. The smallest absolute Gasteiger partial charge is 0.260 e. The van der Waals surface area contributed by atoms with Crippen LogP contribution in [0.25, 0.3) is 0 Å². The van der Waals surface area contributed by atoms with Crippen LogP contribution in [0.2, 0.25) is 0 Å². The summed E-state index contributed by atoms with van der Waals surface area (Å²) in [7, 11) is 0. The van der Waals surface area contributed by atoms with E-state index in [0.717, 1.165) is 25.0 Å². The molecule has 112 valence electrons. The molecule has 22 heavy (non-hydrogen) atoms. The number of rotatable bonds is 3. The Hall–Kier alpha value is -2.69. The summed E-state index contributed by atoms with van der Waals surface area (Å²) in [5.74, 6) is -0.292. The molecule has 0 saturated carbocycles. The van der Waals surface area contributed by atoms with E-state index in [0.29, 0.717) is 0 Å². The molecule has 5 nitrogen and oxygen atoms in total. The monoisotopic (exact) mass is 295 g/mol. The summed E-state index contributed by atoms with van der Waals surface area (Å²) in [6, 6.07) is 13.1. The Morgan fingerprint density at radius 2 is 1.86 bits per heavy atom. The zero-order chi connectivity index (χ0) is 15.4. The molecule has 0 saturated heterocycles. The van der Waals surface area contributed by atoms with Gasteiger partial charge in [0.15, 0.2) is 0 Å². The second kappa shape index (κ2) is 6.39. The number of pyridine rings is 1. The molecule has 1 amide bonds. The molecule has 0 spiro atoms. The number of nitrogens with one attached hydrogen (secondary N) is 1. The molecule has 3 rings (SSSR count). The summed E-state index contributed by atoms with van der Waals surface area (Å²) in [6.07, 6.45) is 4.15. The van der Waals surface area contributed by atoms with Gasteiger partial charge in [0, 0.05) is 24.4 Å². The zero-order valence-corrected chi connectivity index (χ0v) is 12.2. The fourth-order valence-electron chi connectivity index (χ4n) is 2.58. The molecule has 1 heterocycles. The molecule has 1 aliphatic rings.